The van der Waals surface area contributed by atoms with E-state index in [4.69, 9.17) is 16.2 Å². The fourth-order valence-electron chi connectivity index (χ4n) is 2.41. The van der Waals surface area contributed by atoms with Crippen molar-refractivity contribution >= 4 is 17.1 Å². The Balaban J connectivity index is 2.24. The first-order chi connectivity index (χ1) is 7.87. The van der Waals surface area contributed by atoms with Gasteiger partial charge in [0.25, 0.3) is 0 Å². The normalized spacial score (nSPS) is 23.7. The number of morpholine rings is 1. The number of rotatable bonds is 1. The molecule has 1 unspecified atom stereocenters. The summed E-state index contributed by atoms with van der Waals surface area (Å²) in [5.41, 5.74) is 13.8. The lowest BCUT2D eigenvalue weighted by Gasteiger charge is -2.43. The van der Waals surface area contributed by atoms with Crippen LogP contribution in [0.4, 0.5) is 17.1 Å². The predicted molar refractivity (Wildman–Crippen MR) is 72.1 cm³/mol. The summed E-state index contributed by atoms with van der Waals surface area (Å²) in [6.07, 6.45) is 0.220. The van der Waals surface area contributed by atoms with Crippen molar-refractivity contribution in [2.24, 2.45) is 0 Å². The van der Waals surface area contributed by atoms with Crippen molar-refractivity contribution in [3.63, 3.8) is 0 Å². The van der Waals surface area contributed by atoms with Crippen molar-refractivity contribution < 1.29 is 4.74 Å². The number of nitrogens with two attached hydrogens (primary N) is 2. The maximum Gasteiger partial charge on any atom is 0.0805 e. The third kappa shape index (κ3) is 2.64. The summed E-state index contributed by atoms with van der Waals surface area (Å²) in [7, 11) is 0. The highest BCUT2D eigenvalue weighted by Crippen LogP contribution is 2.28. The fourth-order valence-corrected chi connectivity index (χ4v) is 2.41. The molecular formula is C13H21N3O. The minimum absolute atomic E-state index is 0.131. The Hall–Kier alpha value is -1.42. The van der Waals surface area contributed by atoms with Gasteiger partial charge in [0.05, 0.1) is 23.1 Å². The number of nitrogen functional groups attached to an aromatic ring is 2. The van der Waals surface area contributed by atoms with E-state index in [-0.39, 0.29) is 11.7 Å². The van der Waals surface area contributed by atoms with Crippen molar-refractivity contribution in [1.82, 2.24) is 0 Å². The van der Waals surface area contributed by atoms with Crippen LogP contribution in [0.1, 0.15) is 20.8 Å². The zero-order valence-electron chi connectivity index (χ0n) is 10.7. The quantitative estimate of drug-likeness (QED) is 0.729. The van der Waals surface area contributed by atoms with E-state index in [1.807, 2.05) is 18.2 Å². The van der Waals surface area contributed by atoms with E-state index in [2.05, 4.69) is 25.7 Å². The van der Waals surface area contributed by atoms with Gasteiger partial charge >= 0.3 is 0 Å². The molecule has 1 heterocycles. The molecule has 0 aliphatic carbocycles. The Kier molecular flexibility index (Phi) is 2.91. The van der Waals surface area contributed by atoms with E-state index in [1.165, 1.54) is 0 Å². The summed E-state index contributed by atoms with van der Waals surface area (Å²) in [6.45, 7) is 8.05. The van der Waals surface area contributed by atoms with E-state index in [0.29, 0.717) is 11.4 Å². The predicted octanol–water partition coefficient (Wildman–Crippen LogP) is 1.85. The lowest BCUT2D eigenvalue weighted by atomic mass is 10.0. The van der Waals surface area contributed by atoms with Crippen molar-refractivity contribution in [3.8, 4) is 0 Å². The van der Waals surface area contributed by atoms with Gasteiger partial charge in [-0.1, -0.05) is 0 Å². The van der Waals surface area contributed by atoms with Crippen molar-refractivity contribution in [2.45, 2.75) is 32.5 Å². The van der Waals surface area contributed by atoms with Crippen LogP contribution in [0.2, 0.25) is 0 Å². The minimum Gasteiger partial charge on any atom is -0.397 e. The molecule has 0 aromatic heterocycles. The summed E-state index contributed by atoms with van der Waals surface area (Å²) in [5, 5.41) is 0. The molecule has 1 aromatic rings. The van der Waals surface area contributed by atoms with Crippen LogP contribution in [0.15, 0.2) is 18.2 Å². The van der Waals surface area contributed by atoms with Gasteiger partial charge in [-0.05, 0) is 39.0 Å². The van der Waals surface area contributed by atoms with Crippen LogP contribution in [0, 0.1) is 0 Å². The number of hydrogen-bond acceptors (Lipinski definition) is 4. The van der Waals surface area contributed by atoms with Crippen molar-refractivity contribution in [3.05, 3.63) is 18.2 Å². The number of nitrogens with zero attached hydrogens (tertiary/aromatic N) is 1. The second-order valence-electron chi connectivity index (χ2n) is 5.38. The first kappa shape index (κ1) is 12.0. The smallest absolute Gasteiger partial charge is 0.0805 e. The van der Waals surface area contributed by atoms with Crippen LogP contribution in [0.3, 0.4) is 0 Å². The summed E-state index contributed by atoms with van der Waals surface area (Å²) in [6, 6.07) is 5.81. The first-order valence-corrected chi connectivity index (χ1v) is 5.95. The largest absolute Gasteiger partial charge is 0.397 e. The first-order valence-electron chi connectivity index (χ1n) is 5.95. The molecule has 0 radical (unpaired) electrons. The number of benzene rings is 1. The molecule has 0 amide bonds. The molecule has 94 valence electrons. The minimum atomic E-state index is -0.131. The molecular weight excluding hydrogens is 214 g/mol. The average molecular weight is 235 g/mol. The lowest BCUT2D eigenvalue weighted by Crippen LogP contribution is -2.52. The van der Waals surface area contributed by atoms with Crippen LogP contribution < -0.4 is 16.4 Å². The highest BCUT2D eigenvalue weighted by atomic mass is 16.5. The number of ether oxygens (including phenoxy) is 1. The van der Waals surface area contributed by atoms with E-state index in [0.717, 1.165) is 18.8 Å². The lowest BCUT2D eigenvalue weighted by molar-refractivity contribution is -0.0749. The van der Waals surface area contributed by atoms with Crippen LogP contribution in [-0.4, -0.2) is 24.8 Å². The van der Waals surface area contributed by atoms with Gasteiger partial charge in [-0.3, -0.25) is 0 Å². The van der Waals surface area contributed by atoms with E-state index < -0.39 is 0 Å². The van der Waals surface area contributed by atoms with Gasteiger partial charge in [0.1, 0.15) is 0 Å². The molecule has 1 aliphatic heterocycles. The van der Waals surface area contributed by atoms with Crippen LogP contribution in [-0.2, 0) is 4.74 Å². The molecule has 1 aromatic carbocycles. The Labute approximate surface area is 103 Å². The molecule has 1 atom stereocenters. The zero-order chi connectivity index (χ0) is 12.6. The fraction of sp³-hybridized carbons (Fsp3) is 0.538. The van der Waals surface area contributed by atoms with Gasteiger partial charge in [-0.2, -0.15) is 0 Å². The zero-order valence-corrected chi connectivity index (χ0v) is 10.7. The summed E-state index contributed by atoms with van der Waals surface area (Å²) < 4.78 is 5.88. The summed E-state index contributed by atoms with van der Waals surface area (Å²) >= 11 is 0. The summed E-state index contributed by atoms with van der Waals surface area (Å²) in [5.74, 6) is 0. The van der Waals surface area contributed by atoms with Gasteiger partial charge < -0.3 is 21.1 Å². The molecule has 0 saturated carbocycles. The van der Waals surface area contributed by atoms with Crippen LogP contribution >= 0.6 is 0 Å². The molecule has 1 saturated heterocycles. The van der Waals surface area contributed by atoms with Gasteiger partial charge in [-0.25, -0.2) is 0 Å². The van der Waals surface area contributed by atoms with E-state index in [9.17, 15) is 0 Å². The molecule has 1 aliphatic rings. The summed E-state index contributed by atoms with van der Waals surface area (Å²) in [4.78, 5) is 2.30. The molecule has 1 fully saturated rings. The topological polar surface area (TPSA) is 64.5 Å². The van der Waals surface area contributed by atoms with Crippen molar-refractivity contribution in [1.29, 1.82) is 0 Å². The maximum absolute atomic E-state index is 5.88. The Bertz CT molecular complexity index is 417. The second kappa shape index (κ2) is 4.11. The highest BCUT2D eigenvalue weighted by molar-refractivity contribution is 5.70. The monoisotopic (exact) mass is 235 g/mol. The van der Waals surface area contributed by atoms with Gasteiger partial charge in [-0.15, -0.1) is 0 Å². The molecule has 4 N–H and O–H groups in total. The van der Waals surface area contributed by atoms with Gasteiger partial charge in [0.15, 0.2) is 0 Å². The Morgan fingerprint density at radius 1 is 1.29 bits per heavy atom. The van der Waals surface area contributed by atoms with Gasteiger partial charge in [0.2, 0.25) is 0 Å². The number of anilines is 3. The second-order valence-corrected chi connectivity index (χ2v) is 5.38. The molecule has 17 heavy (non-hydrogen) atoms. The Morgan fingerprint density at radius 3 is 2.59 bits per heavy atom. The maximum atomic E-state index is 5.88. The SMILES string of the molecule is CC1CN(c2ccc(N)c(N)c2)CC(C)(C)O1. The molecule has 2 rings (SSSR count). The standard InChI is InChI=1S/C13H21N3O/c1-9-7-16(8-13(2,3)17-9)10-4-5-11(14)12(15)6-10/h4-6,9H,7-8,14-15H2,1-3H3. The Morgan fingerprint density at radius 2 is 2.00 bits per heavy atom. The van der Waals surface area contributed by atoms with E-state index >= 15 is 0 Å². The molecule has 4 heteroatoms. The van der Waals surface area contributed by atoms with E-state index in [1.54, 1.807) is 0 Å². The molecule has 4 nitrogen and oxygen atoms in total. The average Bonchev–Trinajstić information content (AvgIpc) is 2.19. The van der Waals surface area contributed by atoms with Crippen LogP contribution in [0.25, 0.3) is 0 Å². The van der Waals surface area contributed by atoms with Crippen molar-refractivity contribution in [2.75, 3.05) is 29.5 Å². The molecule has 0 bridgehead atoms. The molecule has 0 spiro atoms. The third-order valence-corrected chi connectivity index (χ3v) is 3.00. The van der Waals surface area contributed by atoms with Gasteiger partial charge in [0, 0.05) is 18.8 Å². The third-order valence-electron chi connectivity index (χ3n) is 3.00. The van der Waals surface area contributed by atoms with Crippen LogP contribution in [0.5, 0.6) is 0 Å². The number of hydrogen-bond donors (Lipinski definition) is 2. The highest BCUT2D eigenvalue weighted by Gasteiger charge is 2.31.